The average molecular weight is 295 g/mol. The summed E-state index contributed by atoms with van der Waals surface area (Å²) in [6.07, 6.45) is 2.21. The van der Waals surface area contributed by atoms with Crippen molar-refractivity contribution in [1.82, 2.24) is 0 Å². The second kappa shape index (κ2) is 5.39. The molecule has 0 aliphatic carbocycles. The predicted molar refractivity (Wildman–Crippen MR) is 63.2 cm³/mol. The van der Waals surface area contributed by atoms with Crippen molar-refractivity contribution < 1.29 is 4.79 Å². The van der Waals surface area contributed by atoms with Gasteiger partial charge in [-0.3, -0.25) is 4.79 Å². The van der Waals surface area contributed by atoms with Crippen LogP contribution in [0.15, 0.2) is 28.9 Å². The van der Waals surface area contributed by atoms with E-state index in [9.17, 15) is 4.79 Å². The normalized spacial score (nSPS) is 11.2. The summed E-state index contributed by atoms with van der Waals surface area (Å²) in [5.41, 5.74) is 0.762. The van der Waals surface area contributed by atoms with Gasteiger partial charge in [0.05, 0.1) is 14.5 Å². The SMILES string of the molecule is O=C/C(Br)=C\Nc1ccc(Cl)c(Cl)c1. The van der Waals surface area contributed by atoms with Gasteiger partial charge < -0.3 is 5.32 Å². The highest BCUT2D eigenvalue weighted by atomic mass is 79.9. The molecule has 0 saturated heterocycles. The Kier molecular flexibility index (Phi) is 4.45. The van der Waals surface area contributed by atoms with E-state index >= 15 is 0 Å². The maximum absolute atomic E-state index is 10.2. The minimum absolute atomic E-state index is 0.420. The van der Waals surface area contributed by atoms with Gasteiger partial charge in [0.25, 0.3) is 0 Å². The first-order chi connectivity index (χ1) is 6.63. The summed E-state index contributed by atoms with van der Waals surface area (Å²) in [5.74, 6) is 0. The maximum Gasteiger partial charge on any atom is 0.158 e. The third kappa shape index (κ3) is 3.33. The predicted octanol–water partition coefficient (Wildman–Crippen LogP) is 3.84. The topological polar surface area (TPSA) is 29.1 Å². The van der Waals surface area contributed by atoms with Gasteiger partial charge in [-0.05, 0) is 34.1 Å². The van der Waals surface area contributed by atoms with Crippen LogP contribution >= 0.6 is 39.1 Å². The van der Waals surface area contributed by atoms with Crippen molar-refractivity contribution in [2.45, 2.75) is 0 Å². The number of nitrogens with one attached hydrogen (secondary N) is 1. The number of hydrogen-bond donors (Lipinski definition) is 1. The van der Waals surface area contributed by atoms with E-state index < -0.39 is 0 Å². The van der Waals surface area contributed by atoms with Crippen LogP contribution in [0.5, 0.6) is 0 Å². The van der Waals surface area contributed by atoms with Crippen LogP contribution in [0.3, 0.4) is 0 Å². The number of benzene rings is 1. The van der Waals surface area contributed by atoms with Gasteiger partial charge in [-0.2, -0.15) is 0 Å². The van der Waals surface area contributed by atoms with Crippen molar-refractivity contribution in [3.63, 3.8) is 0 Å². The van der Waals surface area contributed by atoms with E-state index in [1.54, 1.807) is 18.2 Å². The molecule has 0 radical (unpaired) electrons. The minimum atomic E-state index is 0.420. The molecule has 0 aromatic heterocycles. The number of allylic oxidation sites excluding steroid dienone is 1. The van der Waals surface area contributed by atoms with Gasteiger partial charge in [-0.25, -0.2) is 0 Å². The molecule has 0 unspecified atom stereocenters. The molecule has 0 saturated carbocycles. The highest BCUT2D eigenvalue weighted by molar-refractivity contribution is 9.12. The molecule has 1 aromatic carbocycles. The number of anilines is 1. The second-order valence-electron chi connectivity index (χ2n) is 2.42. The number of rotatable bonds is 3. The molecule has 0 atom stereocenters. The molecule has 1 aromatic rings. The Morgan fingerprint density at radius 1 is 1.36 bits per heavy atom. The number of hydrogen-bond acceptors (Lipinski definition) is 2. The molecule has 0 aliphatic heterocycles. The molecule has 1 N–H and O–H groups in total. The summed E-state index contributed by atoms with van der Waals surface area (Å²) in [5, 5.41) is 3.84. The molecule has 0 bridgehead atoms. The third-order valence-corrected chi connectivity index (χ3v) is 2.56. The van der Waals surface area contributed by atoms with Gasteiger partial charge in [-0.15, -0.1) is 0 Å². The molecule has 5 heteroatoms. The van der Waals surface area contributed by atoms with Gasteiger partial charge in [0.15, 0.2) is 6.29 Å². The summed E-state index contributed by atoms with van der Waals surface area (Å²) in [6, 6.07) is 5.11. The lowest BCUT2D eigenvalue weighted by atomic mass is 10.3. The molecule has 0 spiro atoms. The number of carbonyl (C=O) groups is 1. The molecule has 0 aliphatic rings. The van der Waals surface area contributed by atoms with Gasteiger partial charge in [0, 0.05) is 11.9 Å². The van der Waals surface area contributed by atoms with E-state index in [4.69, 9.17) is 23.2 Å². The Labute approximate surface area is 100 Å². The Morgan fingerprint density at radius 2 is 2.07 bits per heavy atom. The summed E-state index contributed by atoms with van der Waals surface area (Å²) in [7, 11) is 0. The Morgan fingerprint density at radius 3 is 2.64 bits per heavy atom. The van der Waals surface area contributed by atoms with Crippen LogP contribution in [0.2, 0.25) is 10.0 Å². The summed E-state index contributed by atoms with van der Waals surface area (Å²) >= 11 is 14.6. The molecule has 14 heavy (non-hydrogen) atoms. The zero-order valence-corrected chi connectivity index (χ0v) is 10.0. The summed E-state index contributed by atoms with van der Waals surface area (Å²) < 4.78 is 0.420. The van der Waals surface area contributed by atoms with Gasteiger partial charge in [0.1, 0.15) is 0 Å². The number of halogens is 3. The molecular formula is C9H6BrCl2NO. The van der Waals surface area contributed by atoms with Crippen molar-refractivity contribution in [3.05, 3.63) is 38.9 Å². The van der Waals surface area contributed by atoms with E-state index in [1.165, 1.54) is 6.20 Å². The Hall–Kier alpha value is -0.510. The second-order valence-corrected chi connectivity index (χ2v) is 4.15. The maximum atomic E-state index is 10.2. The summed E-state index contributed by atoms with van der Waals surface area (Å²) in [4.78, 5) is 10.2. The summed E-state index contributed by atoms with van der Waals surface area (Å²) in [6.45, 7) is 0. The van der Waals surface area contributed by atoms with Gasteiger partial charge >= 0.3 is 0 Å². The standard InChI is InChI=1S/C9H6BrCl2NO/c10-6(5-14)4-13-7-1-2-8(11)9(12)3-7/h1-5,13H/b6-4+. The molecule has 0 fully saturated rings. The highest BCUT2D eigenvalue weighted by Crippen LogP contribution is 2.25. The number of aldehydes is 1. The van der Waals surface area contributed by atoms with Gasteiger partial charge in [0.2, 0.25) is 0 Å². The molecule has 2 nitrogen and oxygen atoms in total. The minimum Gasteiger partial charge on any atom is -0.360 e. The molecule has 74 valence electrons. The fraction of sp³-hybridized carbons (Fsp3) is 0. The van der Waals surface area contributed by atoms with Crippen molar-refractivity contribution in [2.75, 3.05) is 5.32 Å². The smallest absolute Gasteiger partial charge is 0.158 e. The van der Waals surface area contributed by atoms with E-state index in [2.05, 4.69) is 21.2 Å². The van der Waals surface area contributed by atoms with E-state index in [1.807, 2.05) is 0 Å². The van der Waals surface area contributed by atoms with Crippen molar-refractivity contribution in [2.24, 2.45) is 0 Å². The fourth-order valence-electron chi connectivity index (χ4n) is 0.772. The molecule has 0 heterocycles. The first kappa shape index (κ1) is 11.6. The monoisotopic (exact) mass is 293 g/mol. The van der Waals surface area contributed by atoms with E-state index in [-0.39, 0.29) is 0 Å². The largest absolute Gasteiger partial charge is 0.360 e. The van der Waals surface area contributed by atoms with Crippen LogP contribution in [0, 0.1) is 0 Å². The van der Waals surface area contributed by atoms with E-state index in [0.717, 1.165) is 5.69 Å². The zero-order chi connectivity index (χ0) is 10.6. The van der Waals surface area contributed by atoms with Crippen LogP contribution in [-0.2, 0) is 4.79 Å². The third-order valence-electron chi connectivity index (χ3n) is 1.41. The fourth-order valence-corrected chi connectivity index (χ4v) is 1.18. The molecular weight excluding hydrogens is 289 g/mol. The van der Waals surface area contributed by atoms with Gasteiger partial charge in [-0.1, -0.05) is 23.2 Å². The van der Waals surface area contributed by atoms with Crippen LogP contribution in [-0.4, -0.2) is 6.29 Å². The Bertz CT molecular complexity index is 379. The van der Waals surface area contributed by atoms with Crippen LogP contribution < -0.4 is 5.32 Å². The average Bonchev–Trinajstić information content (AvgIpc) is 2.19. The van der Waals surface area contributed by atoms with Crippen LogP contribution in [0.25, 0.3) is 0 Å². The lowest BCUT2D eigenvalue weighted by Crippen LogP contribution is -1.89. The quantitative estimate of drug-likeness (QED) is 0.678. The van der Waals surface area contributed by atoms with Crippen molar-refractivity contribution in [3.8, 4) is 0 Å². The van der Waals surface area contributed by atoms with Crippen LogP contribution in [0.4, 0.5) is 5.69 Å². The lowest BCUT2D eigenvalue weighted by molar-refractivity contribution is -0.104. The first-order valence-corrected chi connectivity index (χ1v) is 5.21. The van der Waals surface area contributed by atoms with Crippen LogP contribution in [0.1, 0.15) is 0 Å². The first-order valence-electron chi connectivity index (χ1n) is 3.66. The van der Waals surface area contributed by atoms with Crippen molar-refractivity contribution in [1.29, 1.82) is 0 Å². The van der Waals surface area contributed by atoms with E-state index in [0.29, 0.717) is 20.8 Å². The highest BCUT2D eigenvalue weighted by Gasteiger charge is 1.97. The molecule has 0 amide bonds. The zero-order valence-electron chi connectivity index (χ0n) is 6.93. The Balaban J connectivity index is 2.78. The number of carbonyl (C=O) groups excluding carboxylic acids is 1. The molecule has 1 rings (SSSR count). The van der Waals surface area contributed by atoms with Crippen molar-refractivity contribution >= 4 is 51.1 Å². The lowest BCUT2D eigenvalue weighted by Gasteiger charge is -2.02.